The Labute approximate surface area is 114 Å². The molecule has 1 heterocycles. The second kappa shape index (κ2) is 7.24. The van der Waals surface area contributed by atoms with Crippen LogP contribution < -0.4 is 5.32 Å². The number of amides is 1. The summed E-state index contributed by atoms with van der Waals surface area (Å²) in [4.78, 5) is 15.9. The maximum absolute atomic E-state index is 11.9. The van der Waals surface area contributed by atoms with E-state index in [9.17, 15) is 9.90 Å². The van der Waals surface area contributed by atoms with E-state index in [1.165, 1.54) is 0 Å². The minimum Gasteiger partial charge on any atom is -0.391 e. The number of hydrogen-bond acceptors (Lipinski definition) is 3. The molecule has 2 atom stereocenters. The van der Waals surface area contributed by atoms with Gasteiger partial charge in [-0.2, -0.15) is 0 Å². The van der Waals surface area contributed by atoms with Gasteiger partial charge in [0.25, 0.3) is 0 Å². The smallest absolute Gasteiger partial charge is 0.220 e. The van der Waals surface area contributed by atoms with Gasteiger partial charge in [-0.15, -0.1) is 0 Å². The van der Waals surface area contributed by atoms with Crippen molar-refractivity contribution in [3.05, 3.63) is 30.1 Å². The summed E-state index contributed by atoms with van der Waals surface area (Å²) >= 11 is 0. The van der Waals surface area contributed by atoms with Crippen LogP contribution >= 0.6 is 0 Å². The number of hydrogen-bond donors (Lipinski definition) is 2. The summed E-state index contributed by atoms with van der Waals surface area (Å²) < 4.78 is 0. The first kappa shape index (κ1) is 14.0. The van der Waals surface area contributed by atoms with Crippen LogP contribution in [0, 0.1) is 0 Å². The van der Waals surface area contributed by atoms with E-state index in [4.69, 9.17) is 0 Å². The number of nitrogens with zero attached hydrogens (tertiary/aromatic N) is 1. The molecule has 2 rings (SSSR count). The maximum Gasteiger partial charge on any atom is 0.220 e. The van der Waals surface area contributed by atoms with Crippen molar-refractivity contribution in [1.29, 1.82) is 0 Å². The van der Waals surface area contributed by atoms with Gasteiger partial charge in [0, 0.05) is 18.8 Å². The average molecular weight is 262 g/mol. The van der Waals surface area contributed by atoms with Crippen LogP contribution in [-0.2, 0) is 11.2 Å². The third kappa shape index (κ3) is 4.63. The number of carbonyl (C=O) groups excluding carboxylic acids is 1. The molecule has 1 fully saturated rings. The quantitative estimate of drug-likeness (QED) is 0.814. The summed E-state index contributed by atoms with van der Waals surface area (Å²) in [7, 11) is 0. The van der Waals surface area contributed by atoms with Crippen LogP contribution in [0.25, 0.3) is 0 Å². The van der Waals surface area contributed by atoms with E-state index in [2.05, 4.69) is 10.3 Å². The van der Waals surface area contributed by atoms with Crippen molar-refractivity contribution in [3.63, 3.8) is 0 Å². The van der Waals surface area contributed by atoms with Crippen LogP contribution in [0.4, 0.5) is 0 Å². The Morgan fingerprint density at radius 1 is 1.26 bits per heavy atom. The molecular weight excluding hydrogens is 240 g/mol. The van der Waals surface area contributed by atoms with Crippen LogP contribution in [0.15, 0.2) is 24.5 Å². The average Bonchev–Trinajstić information content (AvgIpc) is 2.63. The summed E-state index contributed by atoms with van der Waals surface area (Å²) in [6.07, 6.45) is 9.27. The molecule has 1 aromatic heterocycles. The maximum atomic E-state index is 11.9. The Hall–Kier alpha value is -1.42. The Balaban J connectivity index is 1.77. The first-order valence-electron chi connectivity index (χ1n) is 7.12. The highest BCUT2D eigenvalue weighted by Gasteiger charge is 2.22. The van der Waals surface area contributed by atoms with E-state index in [0.29, 0.717) is 6.42 Å². The molecule has 4 nitrogen and oxygen atoms in total. The molecule has 1 amide bonds. The van der Waals surface area contributed by atoms with Gasteiger partial charge in [-0.05, 0) is 37.0 Å². The van der Waals surface area contributed by atoms with Gasteiger partial charge in [0.15, 0.2) is 0 Å². The molecule has 0 aromatic carbocycles. The Bertz CT molecular complexity index is 394. The van der Waals surface area contributed by atoms with Gasteiger partial charge in [0.1, 0.15) is 0 Å². The Morgan fingerprint density at radius 2 is 2.00 bits per heavy atom. The zero-order valence-electron chi connectivity index (χ0n) is 11.2. The van der Waals surface area contributed by atoms with Gasteiger partial charge in [-0.3, -0.25) is 9.78 Å². The van der Waals surface area contributed by atoms with Gasteiger partial charge < -0.3 is 10.4 Å². The highest BCUT2D eigenvalue weighted by molar-refractivity contribution is 5.76. The fourth-order valence-electron chi connectivity index (χ4n) is 2.54. The molecule has 1 aliphatic carbocycles. The largest absolute Gasteiger partial charge is 0.391 e. The van der Waals surface area contributed by atoms with E-state index in [-0.39, 0.29) is 18.1 Å². The zero-order chi connectivity index (χ0) is 13.5. The lowest BCUT2D eigenvalue weighted by molar-refractivity contribution is -0.122. The molecule has 2 N–H and O–H groups in total. The Morgan fingerprint density at radius 3 is 2.79 bits per heavy atom. The molecule has 0 spiro atoms. The molecule has 104 valence electrons. The first-order valence-corrected chi connectivity index (χ1v) is 7.12. The van der Waals surface area contributed by atoms with Gasteiger partial charge >= 0.3 is 0 Å². The molecule has 1 aliphatic rings. The minimum atomic E-state index is -0.382. The third-order valence-corrected chi connectivity index (χ3v) is 3.72. The fourth-order valence-corrected chi connectivity index (χ4v) is 2.54. The molecule has 0 saturated heterocycles. The van der Waals surface area contributed by atoms with Crippen LogP contribution in [0.3, 0.4) is 0 Å². The standard InChI is InChI=1S/C15H22N2O2/c18-14-5-3-1-2-4-13(14)17-15(19)7-6-12-8-10-16-11-9-12/h8-11,13-14,18H,1-7H2,(H,17,19). The number of nitrogens with one attached hydrogen (secondary N) is 1. The van der Waals surface area contributed by atoms with Crippen molar-refractivity contribution in [2.75, 3.05) is 0 Å². The van der Waals surface area contributed by atoms with E-state index in [1.807, 2.05) is 12.1 Å². The van der Waals surface area contributed by atoms with Gasteiger partial charge in [0.05, 0.1) is 12.1 Å². The lowest BCUT2D eigenvalue weighted by Crippen LogP contribution is -2.42. The van der Waals surface area contributed by atoms with Crippen LogP contribution in [0.2, 0.25) is 0 Å². The van der Waals surface area contributed by atoms with E-state index >= 15 is 0 Å². The molecule has 1 aromatic rings. The van der Waals surface area contributed by atoms with Crippen molar-refractivity contribution in [3.8, 4) is 0 Å². The molecule has 0 aliphatic heterocycles. The molecular formula is C15H22N2O2. The Kier molecular flexibility index (Phi) is 5.33. The van der Waals surface area contributed by atoms with Crippen LogP contribution in [-0.4, -0.2) is 28.1 Å². The van der Waals surface area contributed by atoms with Crippen LogP contribution in [0.5, 0.6) is 0 Å². The normalized spacial score (nSPS) is 23.6. The SMILES string of the molecule is O=C(CCc1ccncc1)NC1CCCCCC1O. The second-order valence-corrected chi connectivity index (χ2v) is 5.23. The zero-order valence-corrected chi connectivity index (χ0v) is 11.2. The molecule has 0 radical (unpaired) electrons. The summed E-state index contributed by atoms with van der Waals surface area (Å²) in [5.74, 6) is 0.0303. The predicted molar refractivity (Wildman–Crippen MR) is 73.6 cm³/mol. The number of carbonyl (C=O) groups is 1. The highest BCUT2D eigenvalue weighted by atomic mass is 16.3. The number of aryl methyl sites for hydroxylation is 1. The molecule has 19 heavy (non-hydrogen) atoms. The van der Waals surface area contributed by atoms with Crippen molar-refractivity contribution in [1.82, 2.24) is 10.3 Å². The molecule has 1 saturated carbocycles. The molecule has 4 heteroatoms. The first-order chi connectivity index (χ1) is 9.25. The number of rotatable bonds is 4. The molecule has 0 bridgehead atoms. The summed E-state index contributed by atoms with van der Waals surface area (Å²) in [5.41, 5.74) is 1.12. The van der Waals surface area contributed by atoms with Gasteiger partial charge in [-0.1, -0.05) is 19.3 Å². The number of aliphatic hydroxyl groups is 1. The van der Waals surface area contributed by atoms with Crippen molar-refractivity contribution in [2.45, 2.75) is 57.1 Å². The van der Waals surface area contributed by atoms with Crippen molar-refractivity contribution >= 4 is 5.91 Å². The molecule has 2 unspecified atom stereocenters. The third-order valence-electron chi connectivity index (χ3n) is 3.72. The predicted octanol–water partition coefficient (Wildman–Crippen LogP) is 1.82. The number of aliphatic hydroxyl groups excluding tert-OH is 1. The van der Waals surface area contributed by atoms with Gasteiger partial charge in [0.2, 0.25) is 5.91 Å². The topological polar surface area (TPSA) is 62.2 Å². The van der Waals surface area contributed by atoms with E-state index in [0.717, 1.165) is 44.1 Å². The number of pyridine rings is 1. The van der Waals surface area contributed by atoms with E-state index < -0.39 is 0 Å². The minimum absolute atomic E-state index is 0.0303. The fraction of sp³-hybridized carbons (Fsp3) is 0.600. The summed E-state index contributed by atoms with van der Waals surface area (Å²) in [6.45, 7) is 0. The van der Waals surface area contributed by atoms with Crippen LogP contribution in [0.1, 0.15) is 44.1 Å². The second-order valence-electron chi connectivity index (χ2n) is 5.23. The summed E-state index contributed by atoms with van der Waals surface area (Å²) in [6, 6.07) is 3.79. The van der Waals surface area contributed by atoms with Gasteiger partial charge in [-0.25, -0.2) is 0 Å². The lowest BCUT2D eigenvalue weighted by Gasteiger charge is -2.21. The highest BCUT2D eigenvalue weighted by Crippen LogP contribution is 2.18. The lowest BCUT2D eigenvalue weighted by atomic mass is 10.1. The van der Waals surface area contributed by atoms with Crippen molar-refractivity contribution < 1.29 is 9.90 Å². The van der Waals surface area contributed by atoms with E-state index in [1.54, 1.807) is 12.4 Å². The van der Waals surface area contributed by atoms with Crippen molar-refractivity contribution in [2.24, 2.45) is 0 Å². The monoisotopic (exact) mass is 262 g/mol. The summed E-state index contributed by atoms with van der Waals surface area (Å²) in [5, 5.41) is 12.9. The number of aromatic nitrogens is 1.